The molecule has 1 aliphatic heterocycles. The van der Waals surface area contributed by atoms with Gasteiger partial charge in [0.25, 0.3) is 11.8 Å². The smallest absolute Gasteiger partial charge is 0.258 e. The summed E-state index contributed by atoms with van der Waals surface area (Å²) in [5, 5.41) is 12.0. The Bertz CT molecular complexity index is 1250. The Morgan fingerprint density at radius 2 is 2.15 bits per heavy atom. The minimum atomic E-state index is -0.375. The van der Waals surface area contributed by atoms with Crippen molar-refractivity contribution in [3.05, 3.63) is 53.2 Å². The number of hydrogen-bond acceptors (Lipinski definition) is 6. The topological polar surface area (TPSA) is 113 Å². The number of fused-ring (bicyclic) bond motifs is 1. The summed E-state index contributed by atoms with van der Waals surface area (Å²) >= 11 is 0. The monoisotopic (exact) mass is 460 g/mol. The highest BCUT2D eigenvalue weighted by Gasteiger charge is 2.28. The lowest BCUT2D eigenvalue weighted by Gasteiger charge is -2.23. The summed E-state index contributed by atoms with van der Waals surface area (Å²) in [6.45, 7) is 3.92. The number of carbonyl (C=O) groups is 2. The second-order valence-corrected chi connectivity index (χ2v) is 8.35. The third kappa shape index (κ3) is 4.77. The molecular weight excluding hydrogens is 432 g/mol. The second kappa shape index (κ2) is 10.4. The largest absolute Gasteiger partial charge is 0.385 e. The maximum absolute atomic E-state index is 13.1. The zero-order chi connectivity index (χ0) is 24.1. The van der Waals surface area contributed by atoms with Crippen molar-refractivity contribution in [3.8, 4) is 6.07 Å². The van der Waals surface area contributed by atoms with Crippen molar-refractivity contribution in [3.63, 3.8) is 0 Å². The van der Waals surface area contributed by atoms with E-state index in [0.717, 1.165) is 25.8 Å². The van der Waals surface area contributed by atoms with Gasteiger partial charge in [-0.05, 0) is 49.9 Å². The van der Waals surface area contributed by atoms with Crippen molar-refractivity contribution in [1.29, 1.82) is 5.26 Å². The first-order valence-corrected chi connectivity index (χ1v) is 11.5. The second-order valence-electron chi connectivity index (χ2n) is 8.35. The number of nitrogens with one attached hydrogen (secondary N) is 1. The molecule has 0 saturated carbocycles. The van der Waals surface area contributed by atoms with Crippen LogP contribution in [0.3, 0.4) is 0 Å². The number of nitriles is 1. The molecular formula is C25H28N6O3. The van der Waals surface area contributed by atoms with Gasteiger partial charge < -0.3 is 9.64 Å². The lowest BCUT2D eigenvalue weighted by molar-refractivity contribution is 0.0733. The summed E-state index contributed by atoms with van der Waals surface area (Å²) in [4.78, 5) is 37.1. The molecule has 3 heterocycles. The molecule has 0 bridgehead atoms. The average molecular weight is 461 g/mol. The van der Waals surface area contributed by atoms with Gasteiger partial charge in [0.15, 0.2) is 5.65 Å². The minimum absolute atomic E-state index is 0.0356. The van der Waals surface area contributed by atoms with Gasteiger partial charge in [0.1, 0.15) is 5.52 Å². The maximum Gasteiger partial charge on any atom is 0.258 e. The van der Waals surface area contributed by atoms with Crippen LogP contribution in [-0.2, 0) is 11.3 Å². The number of amides is 2. The van der Waals surface area contributed by atoms with Gasteiger partial charge in [-0.3, -0.25) is 19.5 Å². The summed E-state index contributed by atoms with van der Waals surface area (Å²) in [5.41, 5.74) is 2.38. The van der Waals surface area contributed by atoms with Crippen LogP contribution in [0.15, 0.2) is 36.5 Å². The van der Waals surface area contributed by atoms with Gasteiger partial charge in [0, 0.05) is 44.6 Å². The average Bonchev–Trinajstić information content (AvgIpc) is 3.48. The number of likely N-dealkylation sites (tertiary alicyclic amines) is 1. The van der Waals surface area contributed by atoms with E-state index in [9.17, 15) is 9.59 Å². The predicted molar refractivity (Wildman–Crippen MR) is 127 cm³/mol. The van der Waals surface area contributed by atoms with Crippen LogP contribution in [0.2, 0.25) is 0 Å². The molecule has 2 amide bonds. The Morgan fingerprint density at radius 3 is 2.91 bits per heavy atom. The Labute approximate surface area is 198 Å². The number of imidazole rings is 1. The van der Waals surface area contributed by atoms with E-state index in [1.54, 1.807) is 37.6 Å². The predicted octanol–water partition coefficient (Wildman–Crippen LogP) is 3.61. The highest BCUT2D eigenvalue weighted by atomic mass is 16.5. The van der Waals surface area contributed by atoms with Crippen molar-refractivity contribution < 1.29 is 14.3 Å². The number of anilines is 1. The van der Waals surface area contributed by atoms with Crippen LogP contribution in [-0.4, -0.2) is 57.6 Å². The SMILES string of the molecule is CC[C@@H]1CCCN1C(=O)c1cnc2c(c1)nc(NC(=O)c1cccc(C#N)c1)n2CCCOC. The number of carbonyl (C=O) groups excluding carboxylic acids is 2. The number of aromatic nitrogens is 3. The Kier molecular flexibility index (Phi) is 7.18. The van der Waals surface area contributed by atoms with Crippen LogP contribution in [0.4, 0.5) is 5.95 Å². The van der Waals surface area contributed by atoms with Crippen LogP contribution in [0.1, 0.15) is 58.9 Å². The first-order chi connectivity index (χ1) is 16.5. The van der Waals surface area contributed by atoms with Crippen LogP contribution in [0.25, 0.3) is 11.2 Å². The quantitative estimate of drug-likeness (QED) is 0.514. The highest BCUT2D eigenvalue weighted by molar-refractivity contribution is 6.04. The first kappa shape index (κ1) is 23.4. The molecule has 0 radical (unpaired) electrons. The number of aryl methyl sites for hydroxylation is 1. The summed E-state index contributed by atoms with van der Waals surface area (Å²) in [7, 11) is 1.63. The van der Waals surface area contributed by atoms with Crippen molar-refractivity contribution in [2.24, 2.45) is 0 Å². The van der Waals surface area contributed by atoms with Crippen LogP contribution < -0.4 is 5.32 Å². The Hall–Kier alpha value is -3.77. The Morgan fingerprint density at radius 1 is 1.29 bits per heavy atom. The van der Waals surface area contributed by atoms with Crippen molar-refractivity contribution in [2.75, 3.05) is 25.6 Å². The summed E-state index contributed by atoms with van der Waals surface area (Å²) in [5.74, 6) is -0.0747. The zero-order valence-electron chi connectivity index (χ0n) is 19.5. The number of methoxy groups -OCH3 is 1. The number of ether oxygens (including phenoxy) is 1. The molecule has 0 unspecified atom stereocenters. The molecule has 9 heteroatoms. The molecule has 1 aliphatic rings. The molecule has 0 spiro atoms. The van der Waals surface area contributed by atoms with E-state index in [0.29, 0.717) is 53.4 Å². The molecule has 1 aromatic carbocycles. The molecule has 1 N–H and O–H groups in total. The van der Waals surface area contributed by atoms with Crippen molar-refractivity contribution in [2.45, 2.75) is 45.2 Å². The van der Waals surface area contributed by atoms with Gasteiger partial charge in [-0.2, -0.15) is 5.26 Å². The van der Waals surface area contributed by atoms with E-state index >= 15 is 0 Å². The van der Waals surface area contributed by atoms with Gasteiger partial charge in [0.2, 0.25) is 5.95 Å². The summed E-state index contributed by atoms with van der Waals surface area (Å²) in [6, 6.07) is 10.5. The molecule has 3 aromatic rings. The summed E-state index contributed by atoms with van der Waals surface area (Å²) < 4.78 is 6.99. The molecule has 1 saturated heterocycles. The third-order valence-corrected chi connectivity index (χ3v) is 6.15. The highest BCUT2D eigenvalue weighted by Crippen LogP contribution is 2.25. The van der Waals surface area contributed by atoms with E-state index in [4.69, 9.17) is 10.00 Å². The van der Waals surface area contributed by atoms with Crippen molar-refractivity contribution >= 4 is 28.9 Å². The van der Waals surface area contributed by atoms with E-state index in [1.165, 1.54) is 6.07 Å². The fraction of sp³-hybridized carbons (Fsp3) is 0.400. The van der Waals surface area contributed by atoms with E-state index in [-0.39, 0.29) is 17.9 Å². The molecule has 9 nitrogen and oxygen atoms in total. The minimum Gasteiger partial charge on any atom is -0.385 e. The maximum atomic E-state index is 13.1. The van der Waals surface area contributed by atoms with E-state index in [1.807, 2.05) is 15.5 Å². The van der Waals surface area contributed by atoms with Gasteiger partial charge >= 0.3 is 0 Å². The number of pyridine rings is 1. The lowest BCUT2D eigenvalue weighted by Crippen LogP contribution is -2.35. The molecule has 0 aliphatic carbocycles. The normalized spacial score (nSPS) is 15.4. The molecule has 4 rings (SSSR count). The lowest BCUT2D eigenvalue weighted by atomic mass is 10.1. The Balaban J connectivity index is 1.65. The van der Waals surface area contributed by atoms with Gasteiger partial charge in [0.05, 0.1) is 17.2 Å². The molecule has 1 fully saturated rings. The fourth-order valence-corrected chi connectivity index (χ4v) is 4.40. The number of nitrogens with zero attached hydrogens (tertiary/aromatic N) is 5. The van der Waals surface area contributed by atoms with E-state index in [2.05, 4.69) is 22.2 Å². The van der Waals surface area contributed by atoms with Gasteiger partial charge in [-0.1, -0.05) is 13.0 Å². The summed E-state index contributed by atoms with van der Waals surface area (Å²) in [6.07, 6.45) is 5.25. The molecule has 1 atom stereocenters. The van der Waals surface area contributed by atoms with Crippen LogP contribution in [0.5, 0.6) is 0 Å². The fourth-order valence-electron chi connectivity index (χ4n) is 4.40. The standard InChI is InChI=1S/C25H28N6O3/c1-3-20-9-5-10-30(20)24(33)19-14-21-22(27-16-19)31(11-6-12-34-2)25(28-21)29-23(32)18-8-4-7-17(13-18)15-26/h4,7-8,13-14,16,20H,3,5-6,9-12H2,1-2H3,(H,28,29,32)/t20-/m1/s1. The molecule has 2 aromatic heterocycles. The van der Waals surface area contributed by atoms with E-state index < -0.39 is 0 Å². The van der Waals surface area contributed by atoms with Crippen LogP contribution in [0, 0.1) is 11.3 Å². The number of hydrogen-bond donors (Lipinski definition) is 1. The van der Waals surface area contributed by atoms with Gasteiger partial charge in [-0.15, -0.1) is 0 Å². The first-order valence-electron chi connectivity index (χ1n) is 11.5. The van der Waals surface area contributed by atoms with Crippen LogP contribution >= 0.6 is 0 Å². The van der Waals surface area contributed by atoms with Gasteiger partial charge in [-0.25, -0.2) is 9.97 Å². The zero-order valence-corrected chi connectivity index (χ0v) is 19.5. The number of rotatable bonds is 8. The molecule has 176 valence electrons. The number of benzene rings is 1. The van der Waals surface area contributed by atoms with Crippen molar-refractivity contribution in [1.82, 2.24) is 19.4 Å². The molecule has 34 heavy (non-hydrogen) atoms. The third-order valence-electron chi connectivity index (χ3n) is 6.15.